The number of nitrogens with zero attached hydrogens (tertiary/aromatic N) is 2. The highest BCUT2D eigenvalue weighted by Gasteiger charge is 2.23. The molecule has 1 saturated carbocycles. The van der Waals surface area contributed by atoms with Gasteiger partial charge in [0.25, 0.3) is 0 Å². The van der Waals surface area contributed by atoms with E-state index in [9.17, 15) is 4.79 Å². The number of rotatable bonds is 3. The number of carbonyl (C=O) groups is 1. The monoisotopic (exact) mass is 287 g/mol. The lowest BCUT2D eigenvalue weighted by atomic mass is 10.2. The number of fused-ring (bicyclic) bond motifs is 1. The number of carbonyl (C=O) groups excluding carboxylic acids is 1. The smallest absolute Gasteiger partial charge is 0.407 e. The molecule has 5 heteroatoms. The summed E-state index contributed by atoms with van der Waals surface area (Å²) >= 11 is 0. The maximum atomic E-state index is 11.6. The van der Waals surface area contributed by atoms with Crippen molar-refractivity contribution in [3.63, 3.8) is 0 Å². The number of hydrogen-bond acceptors (Lipinski definition) is 3. The summed E-state index contributed by atoms with van der Waals surface area (Å²) in [7, 11) is 0. The number of ether oxygens (including phenoxy) is 1. The molecule has 0 spiro atoms. The molecule has 3 rings (SSSR count). The normalized spacial score (nSPS) is 15.2. The lowest BCUT2D eigenvalue weighted by molar-refractivity contribution is 0.0523. The first-order valence-electron chi connectivity index (χ1n) is 7.35. The average Bonchev–Trinajstić information content (AvgIpc) is 3.14. The van der Waals surface area contributed by atoms with E-state index >= 15 is 0 Å². The van der Waals surface area contributed by atoms with E-state index in [1.54, 1.807) is 0 Å². The Balaban J connectivity index is 1.65. The van der Waals surface area contributed by atoms with Crippen molar-refractivity contribution in [3.8, 4) is 0 Å². The van der Waals surface area contributed by atoms with Gasteiger partial charge in [-0.2, -0.15) is 0 Å². The summed E-state index contributed by atoms with van der Waals surface area (Å²) in [5.41, 5.74) is 2.61. The summed E-state index contributed by atoms with van der Waals surface area (Å²) in [5, 5.41) is 2.73. The molecular weight excluding hydrogens is 266 g/mol. The Kier molecular flexibility index (Phi) is 3.35. The molecule has 0 aliphatic heterocycles. The Morgan fingerprint density at radius 3 is 2.81 bits per heavy atom. The van der Waals surface area contributed by atoms with Crippen molar-refractivity contribution in [2.45, 2.75) is 51.7 Å². The molecule has 0 saturated heterocycles. The van der Waals surface area contributed by atoms with Gasteiger partial charge in [0, 0.05) is 12.4 Å². The maximum absolute atomic E-state index is 11.6. The Bertz CT molecular complexity index is 666. The van der Waals surface area contributed by atoms with E-state index < -0.39 is 11.7 Å². The van der Waals surface area contributed by atoms with E-state index in [1.807, 2.05) is 37.4 Å². The fourth-order valence-electron chi connectivity index (χ4n) is 2.28. The molecule has 0 atom stereocenters. The third-order valence-electron chi connectivity index (χ3n) is 3.39. The second kappa shape index (κ2) is 5.06. The predicted octanol–water partition coefficient (Wildman–Crippen LogP) is 3.24. The minimum absolute atomic E-state index is 0.370. The van der Waals surface area contributed by atoms with Crippen LogP contribution in [0.3, 0.4) is 0 Å². The number of aromatic nitrogens is 2. The van der Waals surface area contributed by atoms with Gasteiger partial charge in [-0.15, -0.1) is 0 Å². The van der Waals surface area contributed by atoms with Gasteiger partial charge in [0.05, 0.1) is 12.2 Å². The second-order valence-electron chi connectivity index (χ2n) is 6.59. The van der Waals surface area contributed by atoms with Gasteiger partial charge in [0.15, 0.2) is 0 Å². The minimum atomic E-state index is -0.484. The summed E-state index contributed by atoms with van der Waals surface area (Å²) in [6.45, 7) is 5.90. The summed E-state index contributed by atoms with van der Waals surface area (Å²) in [5.74, 6) is 0.722. The molecule has 5 nitrogen and oxygen atoms in total. The highest BCUT2D eigenvalue weighted by atomic mass is 16.6. The number of alkyl carbamates (subject to hydrolysis) is 1. The molecule has 0 radical (unpaired) electrons. The van der Waals surface area contributed by atoms with Crippen LogP contribution in [0.2, 0.25) is 0 Å². The van der Waals surface area contributed by atoms with E-state index in [1.165, 1.54) is 18.4 Å². The van der Waals surface area contributed by atoms with Crippen molar-refractivity contribution >= 4 is 11.7 Å². The van der Waals surface area contributed by atoms with Crippen LogP contribution in [0.4, 0.5) is 4.79 Å². The summed E-state index contributed by atoms with van der Waals surface area (Å²) < 4.78 is 7.24. The number of nitrogens with one attached hydrogen (secondary N) is 1. The van der Waals surface area contributed by atoms with Gasteiger partial charge >= 0.3 is 6.09 Å². The van der Waals surface area contributed by atoms with Crippen molar-refractivity contribution in [3.05, 3.63) is 35.8 Å². The van der Waals surface area contributed by atoms with Gasteiger partial charge in [-0.25, -0.2) is 9.78 Å². The standard InChI is InChI=1S/C16H21N3O2/c1-16(2,3)21-15(20)17-8-13-10-19-9-12(11-4-5-11)6-7-14(19)18-13/h6-7,9-11H,4-5,8H2,1-3H3,(H,17,20). The van der Waals surface area contributed by atoms with Crippen LogP contribution in [0.15, 0.2) is 24.5 Å². The zero-order valence-corrected chi connectivity index (χ0v) is 12.7. The van der Waals surface area contributed by atoms with E-state index in [4.69, 9.17) is 4.74 Å². The zero-order valence-electron chi connectivity index (χ0n) is 12.7. The van der Waals surface area contributed by atoms with Crippen molar-refractivity contribution in [2.24, 2.45) is 0 Å². The van der Waals surface area contributed by atoms with Crippen LogP contribution in [0.5, 0.6) is 0 Å². The molecule has 0 unspecified atom stereocenters. The Hall–Kier alpha value is -2.04. The maximum Gasteiger partial charge on any atom is 0.407 e. The van der Waals surface area contributed by atoms with Crippen LogP contribution in [0.1, 0.15) is 50.8 Å². The second-order valence-corrected chi connectivity index (χ2v) is 6.59. The van der Waals surface area contributed by atoms with Crippen LogP contribution in [-0.2, 0) is 11.3 Å². The third kappa shape index (κ3) is 3.54. The summed E-state index contributed by atoms with van der Waals surface area (Å²) in [6, 6.07) is 4.18. The molecule has 1 aliphatic carbocycles. The molecule has 2 aromatic heterocycles. The Morgan fingerprint density at radius 2 is 2.14 bits per heavy atom. The molecular formula is C16H21N3O2. The van der Waals surface area contributed by atoms with Crippen LogP contribution < -0.4 is 5.32 Å². The molecule has 21 heavy (non-hydrogen) atoms. The molecule has 112 valence electrons. The van der Waals surface area contributed by atoms with Gasteiger partial charge < -0.3 is 14.5 Å². The zero-order chi connectivity index (χ0) is 15.0. The van der Waals surface area contributed by atoms with Gasteiger partial charge in [0.2, 0.25) is 0 Å². The fourth-order valence-corrected chi connectivity index (χ4v) is 2.28. The van der Waals surface area contributed by atoms with Crippen LogP contribution in [-0.4, -0.2) is 21.1 Å². The average molecular weight is 287 g/mol. The van der Waals surface area contributed by atoms with Gasteiger partial charge in [0.1, 0.15) is 11.2 Å². The third-order valence-corrected chi connectivity index (χ3v) is 3.39. The number of pyridine rings is 1. The van der Waals surface area contributed by atoms with E-state index in [-0.39, 0.29) is 0 Å². The van der Waals surface area contributed by atoms with E-state index in [0.29, 0.717) is 6.54 Å². The van der Waals surface area contributed by atoms with Gasteiger partial charge in [-0.05, 0) is 51.2 Å². The predicted molar refractivity (Wildman–Crippen MR) is 80.2 cm³/mol. The molecule has 1 fully saturated rings. The quantitative estimate of drug-likeness (QED) is 0.943. The number of amides is 1. The molecule has 1 amide bonds. The van der Waals surface area contributed by atoms with Crippen LogP contribution in [0, 0.1) is 0 Å². The first-order valence-corrected chi connectivity index (χ1v) is 7.35. The van der Waals surface area contributed by atoms with Crippen molar-refractivity contribution < 1.29 is 9.53 Å². The summed E-state index contributed by atoms with van der Waals surface area (Å²) in [6.07, 6.45) is 6.24. The molecule has 0 aromatic carbocycles. The van der Waals surface area contributed by atoms with E-state index in [0.717, 1.165) is 17.3 Å². The van der Waals surface area contributed by atoms with Gasteiger partial charge in [-0.3, -0.25) is 0 Å². The fraction of sp³-hybridized carbons (Fsp3) is 0.500. The van der Waals surface area contributed by atoms with Crippen molar-refractivity contribution in [2.75, 3.05) is 0 Å². The first-order chi connectivity index (χ1) is 9.90. The Morgan fingerprint density at radius 1 is 1.38 bits per heavy atom. The largest absolute Gasteiger partial charge is 0.444 e. The van der Waals surface area contributed by atoms with Crippen molar-refractivity contribution in [1.29, 1.82) is 0 Å². The van der Waals surface area contributed by atoms with E-state index in [2.05, 4.69) is 22.6 Å². The van der Waals surface area contributed by atoms with Gasteiger partial charge in [-0.1, -0.05) is 6.07 Å². The summed E-state index contributed by atoms with van der Waals surface area (Å²) in [4.78, 5) is 16.1. The van der Waals surface area contributed by atoms with Crippen molar-refractivity contribution in [1.82, 2.24) is 14.7 Å². The lowest BCUT2D eigenvalue weighted by Gasteiger charge is -2.19. The number of hydrogen-bond donors (Lipinski definition) is 1. The van der Waals surface area contributed by atoms with Crippen LogP contribution >= 0.6 is 0 Å². The lowest BCUT2D eigenvalue weighted by Crippen LogP contribution is -2.32. The van der Waals surface area contributed by atoms with Crippen LogP contribution in [0.25, 0.3) is 5.65 Å². The highest BCUT2D eigenvalue weighted by Crippen LogP contribution is 2.39. The molecule has 1 aliphatic rings. The number of imidazole rings is 1. The highest BCUT2D eigenvalue weighted by molar-refractivity contribution is 5.67. The topological polar surface area (TPSA) is 55.6 Å². The molecule has 0 bridgehead atoms. The minimum Gasteiger partial charge on any atom is -0.444 e. The molecule has 2 aromatic rings. The first kappa shape index (κ1) is 13.9. The Labute approximate surface area is 124 Å². The SMILES string of the molecule is CC(C)(C)OC(=O)NCc1cn2cc(C3CC3)ccc2n1. The molecule has 2 heterocycles. The molecule has 1 N–H and O–H groups in total.